The summed E-state index contributed by atoms with van der Waals surface area (Å²) in [5.74, 6) is -3.90. The number of hydrogen-bond donors (Lipinski definition) is 2. The number of amides is 3. The maximum Gasteiger partial charge on any atom is 0.329 e. The molecule has 0 radical (unpaired) electrons. The summed E-state index contributed by atoms with van der Waals surface area (Å²) in [6, 6.07) is 4.79. The molecule has 336 valence electrons. The zero-order valence-electron chi connectivity index (χ0n) is 35.7. The van der Waals surface area contributed by atoms with Gasteiger partial charge in [0.1, 0.15) is 17.4 Å². The van der Waals surface area contributed by atoms with Gasteiger partial charge in [0.05, 0.1) is 47.2 Å². The van der Waals surface area contributed by atoms with Crippen LogP contribution in [0.3, 0.4) is 0 Å². The first kappa shape index (κ1) is 42.5. The van der Waals surface area contributed by atoms with E-state index >= 15 is 8.78 Å². The minimum absolute atomic E-state index is 0.0887. The van der Waals surface area contributed by atoms with Crippen molar-refractivity contribution >= 4 is 51.6 Å². The first-order chi connectivity index (χ1) is 30.0. The third-order valence-corrected chi connectivity index (χ3v) is 13.8. The van der Waals surface area contributed by atoms with E-state index in [-0.39, 0.29) is 48.0 Å². The van der Waals surface area contributed by atoms with Crippen LogP contribution in [0.25, 0.3) is 16.7 Å². The molecule has 0 spiro atoms. The number of para-hydroxylation sites is 1. The minimum atomic E-state index is -3.11. The molecule has 3 saturated heterocycles. The molecule has 4 fully saturated rings. The molecule has 1 aliphatic carbocycles. The number of benzene rings is 1. The number of nitrogens with zero attached hydrogens (tertiary/aromatic N) is 10. The smallest absolute Gasteiger partial charge is 0.329 e. The number of aryl methyl sites for hydroxylation is 1. The fraction of sp³-hybridized carbons (Fsp3) is 0.558. The normalized spacial score (nSPS) is 24.0. The molecule has 1 saturated carbocycles. The van der Waals surface area contributed by atoms with E-state index in [1.54, 1.807) is 48.3 Å². The van der Waals surface area contributed by atoms with Crippen LogP contribution in [-0.4, -0.2) is 107 Å². The first-order valence-corrected chi connectivity index (χ1v) is 21.7. The van der Waals surface area contributed by atoms with Gasteiger partial charge in [-0.05, 0) is 96.4 Å². The van der Waals surface area contributed by atoms with Crippen molar-refractivity contribution in [3.05, 3.63) is 64.6 Å². The molecule has 16 nitrogen and oxygen atoms in total. The van der Waals surface area contributed by atoms with E-state index in [0.29, 0.717) is 67.0 Å². The average Bonchev–Trinajstić information content (AvgIpc) is 4.01. The zero-order chi connectivity index (χ0) is 44.5. The van der Waals surface area contributed by atoms with Crippen molar-refractivity contribution in [3.63, 3.8) is 0 Å². The largest absolute Gasteiger partial charge is 0.364 e. The van der Waals surface area contributed by atoms with Crippen molar-refractivity contribution in [1.29, 1.82) is 0 Å². The third-order valence-electron chi connectivity index (χ3n) is 13.8. The number of imidazole rings is 1. The highest BCUT2D eigenvalue weighted by atomic mass is 19.3. The van der Waals surface area contributed by atoms with Crippen molar-refractivity contribution in [1.82, 2.24) is 43.7 Å². The van der Waals surface area contributed by atoms with E-state index in [4.69, 9.17) is 4.98 Å². The van der Waals surface area contributed by atoms with Crippen LogP contribution in [0.1, 0.15) is 106 Å². The SMILES string of the molecule is CN(CC1CCC(n2cc(NC(=O)c3cnn4ccc(N5CCCC5(C)C)nc34)c(C(F)F)n2)CC1)C1CCN(c2cccc3c2n(C)c(=O)n3C2CCC(=O)NC2=O)CC1(F)F. The van der Waals surface area contributed by atoms with Crippen LogP contribution in [0.4, 0.5) is 34.8 Å². The number of aromatic nitrogens is 7. The molecule has 4 aliphatic rings. The molecule has 2 N–H and O–H groups in total. The molecule has 0 bridgehead atoms. The standard InChI is InChI=1S/C43H52F4N12O4/c1-42(2)17-6-18-56(42)33-16-20-57-38(50-33)27(21-48-57)39(61)49-28-23-58(52-35(28)37(44)45)26-11-9-25(10-12-26)22-53(3)32-15-19-55(24-43(32,46)47)29-7-5-8-30-36(29)54(4)41(63)59(30)31-13-14-34(60)51-40(31)62/h5,7-8,16,20-21,23,25-26,31-32,37H,6,9-15,17-19,22,24H2,1-4H3,(H,49,61)(H,51,60,62). The number of piperidine rings is 2. The van der Waals surface area contributed by atoms with Crippen LogP contribution in [0.2, 0.25) is 0 Å². The number of rotatable bonds is 10. The van der Waals surface area contributed by atoms with Crippen LogP contribution in [0.5, 0.6) is 0 Å². The van der Waals surface area contributed by atoms with E-state index in [9.17, 15) is 28.0 Å². The summed E-state index contributed by atoms with van der Waals surface area (Å²) in [6.07, 6.45) is 6.60. The Bertz CT molecular complexity index is 2640. The van der Waals surface area contributed by atoms with Crippen molar-refractivity contribution in [2.45, 2.75) is 108 Å². The van der Waals surface area contributed by atoms with Crippen LogP contribution >= 0.6 is 0 Å². The van der Waals surface area contributed by atoms with Gasteiger partial charge in [-0.15, -0.1) is 0 Å². The number of carbonyl (C=O) groups is 3. The number of imide groups is 1. The maximum absolute atomic E-state index is 16.2. The number of halogens is 4. The summed E-state index contributed by atoms with van der Waals surface area (Å²) in [6.45, 7) is 5.28. The highest BCUT2D eigenvalue weighted by Gasteiger charge is 2.48. The molecule has 1 aromatic carbocycles. The van der Waals surface area contributed by atoms with Gasteiger partial charge in [-0.1, -0.05) is 6.07 Å². The van der Waals surface area contributed by atoms with Crippen LogP contribution in [-0.2, 0) is 16.6 Å². The molecule has 4 aromatic heterocycles. The van der Waals surface area contributed by atoms with Crippen LogP contribution in [0, 0.1) is 5.92 Å². The van der Waals surface area contributed by atoms with E-state index in [1.165, 1.54) is 30.7 Å². The lowest BCUT2D eigenvalue weighted by Crippen LogP contribution is -2.58. The van der Waals surface area contributed by atoms with Crippen molar-refractivity contribution < 1.29 is 31.9 Å². The molecule has 3 amide bonds. The molecule has 63 heavy (non-hydrogen) atoms. The number of anilines is 3. The second-order valence-electron chi connectivity index (χ2n) is 18.3. The molecule has 20 heteroatoms. The molecular formula is C43H52F4N12O4. The van der Waals surface area contributed by atoms with E-state index in [2.05, 4.69) is 39.6 Å². The summed E-state index contributed by atoms with van der Waals surface area (Å²) >= 11 is 0. The Morgan fingerprint density at radius 3 is 2.52 bits per heavy atom. The fourth-order valence-electron chi connectivity index (χ4n) is 10.4. The van der Waals surface area contributed by atoms with Crippen molar-refractivity contribution in [2.24, 2.45) is 13.0 Å². The van der Waals surface area contributed by atoms with Gasteiger partial charge in [-0.2, -0.15) is 10.2 Å². The summed E-state index contributed by atoms with van der Waals surface area (Å²) in [5.41, 5.74) is 0.619. The third kappa shape index (κ3) is 7.73. The van der Waals surface area contributed by atoms with Gasteiger partial charge >= 0.3 is 5.69 Å². The summed E-state index contributed by atoms with van der Waals surface area (Å²) in [4.78, 5) is 61.8. The Labute approximate surface area is 360 Å². The Morgan fingerprint density at radius 2 is 1.83 bits per heavy atom. The van der Waals surface area contributed by atoms with E-state index in [1.807, 2.05) is 6.07 Å². The number of alkyl halides is 4. The molecule has 7 heterocycles. The molecule has 2 unspecified atom stereocenters. The molecule has 3 aliphatic heterocycles. The lowest BCUT2D eigenvalue weighted by atomic mass is 9.85. The van der Waals surface area contributed by atoms with Gasteiger partial charge in [-0.25, -0.2) is 31.9 Å². The Hall–Kier alpha value is -5.79. The van der Waals surface area contributed by atoms with Crippen molar-refractivity contribution in [2.75, 3.05) is 48.3 Å². The van der Waals surface area contributed by atoms with Gasteiger partial charge in [0.15, 0.2) is 11.3 Å². The predicted octanol–water partition coefficient (Wildman–Crippen LogP) is 5.70. The first-order valence-electron chi connectivity index (χ1n) is 21.7. The second-order valence-corrected chi connectivity index (χ2v) is 18.3. The average molecular weight is 877 g/mol. The monoisotopic (exact) mass is 876 g/mol. The molecule has 9 rings (SSSR count). The minimum Gasteiger partial charge on any atom is -0.364 e. The lowest BCUT2D eigenvalue weighted by molar-refractivity contribution is -0.135. The van der Waals surface area contributed by atoms with E-state index < -0.39 is 60.1 Å². The fourth-order valence-corrected chi connectivity index (χ4v) is 10.4. The van der Waals surface area contributed by atoms with Crippen molar-refractivity contribution in [3.8, 4) is 0 Å². The topological polar surface area (TPSA) is 160 Å². The highest BCUT2D eigenvalue weighted by molar-refractivity contribution is 6.08. The Balaban J connectivity index is 0.831. The number of fused-ring (bicyclic) bond motifs is 2. The summed E-state index contributed by atoms with van der Waals surface area (Å²) in [5, 5.41) is 13.4. The van der Waals surface area contributed by atoms with Gasteiger partial charge in [0.2, 0.25) is 11.8 Å². The van der Waals surface area contributed by atoms with Gasteiger partial charge in [0.25, 0.3) is 18.3 Å². The Kier molecular flexibility index (Phi) is 10.9. The Morgan fingerprint density at radius 1 is 1.05 bits per heavy atom. The quantitative estimate of drug-likeness (QED) is 0.132. The molecule has 2 atom stereocenters. The molecule has 5 aromatic rings. The maximum atomic E-state index is 16.2. The number of carbonyl (C=O) groups excluding carboxylic acids is 3. The summed E-state index contributed by atoms with van der Waals surface area (Å²) < 4.78 is 66.7. The van der Waals surface area contributed by atoms with Crippen LogP contribution < -0.4 is 26.1 Å². The van der Waals surface area contributed by atoms with Gasteiger partial charge < -0.3 is 15.1 Å². The number of nitrogens with one attached hydrogen (secondary N) is 2. The number of hydrogen-bond acceptors (Lipinski definition) is 10. The second kappa shape index (κ2) is 16.1. The zero-order valence-corrected chi connectivity index (χ0v) is 35.7. The van der Waals surface area contributed by atoms with E-state index in [0.717, 1.165) is 19.4 Å². The van der Waals surface area contributed by atoms with Crippen LogP contribution in [0.15, 0.2) is 47.7 Å². The predicted molar refractivity (Wildman–Crippen MR) is 227 cm³/mol. The lowest BCUT2D eigenvalue weighted by Gasteiger charge is -2.44. The highest BCUT2D eigenvalue weighted by Crippen LogP contribution is 2.40. The summed E-state index contributed by atoms with van der Waals surface area (Å²) in [7, 11) is 3.27. The van der Waals surface area contributed by atoms with Gasteiger partial charge in [0, 0.05) is 51.0 Å². The molecular weight excluding hydrogens is 825 g/mol. The van der Waals surface area contributed by atoms with Gasteiger partial charge in [-0.3, -0.25) is 38.4 Å².